The molecule has 1 heterocycles. The Hall–Kier alpha value is -2.05. The Morgan fingerprint density at radius 1 is 1.27 bits per heavy atom. The number of nitrogen functional groups attached to an aromatic ring is 1. The van der Waals surface area contributed by atoms with Gasteiger partial charge in [0.1, 0.15) is 17.5 Å². The molecule has 22 heavy (non-hydrogen) atoms. The van der Waals surface area contributed by atoms with E-state index in [1.807, 2.05) is 0 Å². The fourth-order valence-electron chi connectivity index (χ4n) is 2.47. The van der Waals surface area contributed by atoms with Gasteiger partial charge in [-0.25, -0.2) is 14.4 Å². The van der Waals surface area contributed by atoms with E-state index in [1.165, 1.54) is 12.1 Å². The number of nitrogens with two attached hydrogens (primary N) is 1. The summed E-state index contributed by atoms with van der Waals surface area (Å²) in [6.45, 7) is 1.02. The third-order valence-electron chi connectivity index (χ3n) is 3.80. The molecule has 3 N–H and O–H groups in total. The number of benzene rings is 1. The van der Waals surface area contributed by atoms with E-state index >= 15 is 0 Å². The highest BCUT2D eigenvalue weighted by Crippen LogP contribution is 2.30. The largest absolute Gasteiger partial charge is 0.387 e. The van der Waals surface area contributed by atoms with Crippen molar-refractivity contribution in [2.45, 2.75) is 31.5 Å². The van der Waals surface area contributed by atoms with Crippen LogP contribution in [0.15, 0.2) is 36.5 Å². The number of aliphatic hydroxyl groups is 1. The molecule has 0 amide bonds. The van der Waals surface area contributed by atoms with Crippen LogP contribution in [0, 0.1) is 5.82 Å². The molecule has 0 saturated heterocycles. The number of nitrogens with zero attached hydrogens (tertiary/aromatic N) is 3. The summed E-state index contributed by atoms with van der Waals surface area (Å²) >= 11 is 0. The van der Waals surface area contributed by atoms with Crippen molar-refractivity contribution in [2.75, 3.05) is 12.3 Å². The van der Waals surface area contributed by atoms with Gasteiger partial charge in [-0.1, -0.05) is 12.1 Å². The zero-order chi connectivity index (χ0) is 15.5. The summed E-state index contributed by atoms with van der Waals surface area (Å²) in [5.74, 6) is 0.793. The molecule has 2 aromatic rings. The molecule has 1 aromatic heterocycles. The minimum absolute atomic E-state index is 0.303. The fourth-order valence-corrected chi connectivity index (χ4v) is 2.47. The molecule has 116 valence electrons. The third-order valence-corrected chi connectivity index (χ3v) is 3.80. The maximum Gasteiger partial charge on any atom is 0.144 e. The van der Waals surface area contributed by atoms with Gasteiger partial charge in [0.25, 0.3) is 0 Å². The van der Waals surface area contributed by atoms with Crippen LogP contribution >= 0.6 is 0 Å². The number of anilines is 1. The molecule has 3 rings (SSSR count). The Balaban J connectivity index is 1.68. The summed E-state index contributed by atoms with van der Waals surface area (Å²) in [4.78, 5) is 10.6. The number of hydrogen-bond donors (Lipinski definition) is 2. The number of aromatic nitrogens is 2. The average Bonchev–Trinajstić information content (AvgIpc) is 3.32. The molecule has 1 atom stereocenters. The standard InChI is InChI=1S/C16H19FN4O/c17-12-3-1-11(2-4-12)14(22)9-21(13-5-6-13)10-16-19-8-7-15(18)20-16/h1-4,7-8,13-14,22H,5-6,9-10H2,(H2,18,19,20). The van der Waals surface area contributed by atoms with Crippen LogP contribution in [0.2, 0.25) is 0 Å². The van der Waals surface area contributed by atoms with Crippen molar-refractivity contribution in [1.29, 1.82) is 0 Å². The monoisotopic (exact) mass is 302 g/mol. The molecule has 1 fully saturated rings. The summed E-state index contributed by atoms with van der Waals surface area (Å²) in [7, 11) is 0. The minimum Gasteiger partial charge on any atom is -0.387 e. The van der Waals surface area contributed by atoms with Gasteiger partial charge in [-0.2, -0.15) is 0 Å². The molecule has 1 saturated carbocycles. The van der Waals surface area contributed by atoms with Crippen LogP contribution in [0.25, 0.3) is 0 Å². The Morgan fingerprint density at radius 3 is 2.64 bits per heavy atom. The number of rotatable bonds is 6. The molecule has 1 unspecified atom stereocenters. The molecule has 6 heteroatoms. The second kappa shape index (κ2) is 6.37. The van der Waals surface area contributed by atoms with E-state index in [0.717, 1.165) is 12.8 Å². The van der Waals surface area contributed by atoms with Crippen molar-refractivity contribution in [2.24, 2.45) is 0 Å². The zero-order valence-electron chi connectivity index (χ0n) is 12.2. The van der Waals surface area contributed by atoms with Crippen LogP contribution in [0.3, 0.4) is 0 Å². The average molecular weight is 302 g/mol. The number of aliphatic hydroxyl groups excluding tert-OH is 1. The van der Waals surface area contributed by atoms with Crippen molar-refractivity contribution >= 4 is 5.82 Å². The first-order valence-electron chi connectivity index (χ1n) is 7.37. The van der Waals surface area contributed by atoms with Gasteiger partial charge in [0.15, 0.2) is 0 Å². The Morgan fingerprint density at radius 2 is 2.00 bits per heavy atom. The molecular formula is C16H19FN4O. The van der Waals surface area contributed by atoms with Gasteiger partial charge < -0.3 is 10.8 Å². The maximum absolute atomic E-state index is 13.0. The number of hydrogen-bond acceptors (Lipinski definition) is 5. The van der Waals surface area contributed by atoms with Crippen molar-refractivity contribution in [3.63, 3.8) is 0 Å². The van der Waals surface area contributed by atoms with Crippen LogP contribution in [0.4, 0.5) is 10.2 Å². The lowest BCUT2D eigenvalue weighted by molar-refractivity contribution is 0.103. The SMILES string of the molecule is Nc1ccnc(CN(CC(O)c2ccc(F)cc2)C2CC2)n1. The maximum atomic E-state index is 13.0. The molecule has 0 aliphatic heterocycles. The van der Waals surface area contributed by atoms with E-state index in [1.54, 1.807) is 24.4 Å². The smallest absolute Gasteiger partial charge is 0.144 e. The first-order valence-corrected chi connectivity index (χ1v) is 7.37. The quantitative estimate of drug-likeness (QED) is 0.852. The van der Waals surface area contributed by atoms with Crippen LogP contribution in [0.5, 0.6) is 0 Å². The van der Waals surface area contributed by atoms with Crippen LogP contribution < -0.4 is 5.73 Å². The molecule has 0 spiro atoms. The first-order chi connectivity index (χ1) is 10.6. The molecule has 1 aliphatic rings. The van der Waals surface area contributed by atoms with Crippen molar-refractivity contribution in [1.82, 2.24) is 14.9 Å². The molecule has 0 radical (unpaired) electrons. The van der Waals surface area contributed by atoms with Gasteiger partial charge in [-0.15, -0.1) is 0 Å². The summed E-state index contributed by atoms with van der Waals surface area (Å²) in [6.07, 6.45) is 3.19. The van der Waals surface area contributed by atoms with Gasteiger partial charge in [-0.05, 0) is 36.6 Å². The van der Waals surface area contributed by atoms with Crippen molar-refractivity contribution in [3.8, 4) is 0 Å². The van der Waals surface area contributed by atoms with Crippen LogP contribution in [-0.2, 0) is 6.54 Å². The zero-order valence-corrected chi connectivity index (χ0v) is 12.2. The highest BCUT2D eigenvalue weighted by atomic mass is 19.1. The highest BCUT2D eigenvalue weighted by Gasteiger charge is 2.31. The normalized spacial score (nSPS) is 16.0. The van der Waals surface area contributed by atoms with E-state index in [9.17, 15) is 9.50 Å². The molecule has 5 nitrogen and oxygen atoms in total. The van der Waals surface area contributed by atoms with E-state index in [0.29, 0.717) is 36.3 Å². The molecule has 0 bridgehead atoms. The minimum atomic E-state index is -0.665. The van der Waals surface area contributed by atoms with Gasteiger partial charge in [0, 0.05) is 18.8 Å². The summed E-state index contributed by atoms with van der Waals surface area (Å²) < 4.78 is 13.0. The topological polar surface area (TPSA) is 75.3 Å². The second-order valence-corrected chi connectivity index (χ2v) is 5.63. The molecular weight excluding hydrogens is 283 g/mol. The second-order valence-electron chi connectivity index (χ2n) is 5.63. The van der Waals surface area contributed by atoms with Crippen molar-refractivity contribution < 1.29 is 9.50 Å². The highest BCUT2D eigenvalue weighted by molar-refractivity contribution is 5.25. The first kappa shape index (κ1) is 14.9. The Kier molecular flexibility index (Phi) is 4.31. The lowest BCUT2D eigenvalue weighted by atomic mass is 10.1. The van der Waals surface area contributed by atoms with Gasteiger partial charge >= 0.3 is 0 Å². The Labute approximate surface area is 128 Å². The molecule has 1 aliphatic carbocycles. The summed E-state index contributed by atoms with van der Waals surface area (Å²) in [6, 6.07) is 8.05. The molecule has 1 aromatic carbocycles. The van der Waals surface area contributed by atoms with Gasteiger partial charge in [-0.3, -0.25) is 4.90 Å². The van der Waals surface area contributed by atoms with E-state index in [-0.39, 0.29) is 5.82 Å². The fraction of sp³-hybridized carbons (Fsp3) is 0.375. The predicted octanol–water partition coefficient (Wildman–Crippen LogP) is 1.90. The summed E-state index contributed by atoms with van der Waals surface area (Å²) in [5, 5.41) is 10.4. The summed E-state index contributed by atoms with van der Waals surface area (Å²) in [5.41, 5.74) is 6.39. The predicted molar refractivity (Wildman–Crippen MR) is 81.2 cm³/mol. The number of halogens is 1. The lowest BCUT2D eigenvalue weighted by Crippen LogP contribution is -2.31. The van der Waals surface area contributed by atoms with Gasteiger partial charge in [0.05, 0.1) is 12.6 Å². The van der Waals surface area contributed by atoms with E-state index in [2.05, 4.69) is 14.9 Å². The van der Waals surface area contributed by atoms with E-state index in [4.69, 9.17) is 5.73 Å². The van der Waals surface area contributed by atoms with Crippen molar-refractivity contribution in [3.05, 3.63) is 53.7 Å². The van der Waals surface area contributed by atoms with Gasteiger partial charge in [0.2, 0.25) is 0 Å². The van der Waals surface area contributed by atoms with E-state index < -0.39 is 6.10 Å². The Bertz CT molecular complexity index is 630. The van der Waals surface area contributed by atoms with Crippen LogP contribution in [0.1, 0.15) is 30.3 Å². The lowest BCUT2D eigenvalue weighted by Gasteiger charge is -2.24. The van der Waals surface area contributed by atoms with Crippen LogP contribution in [-0.4, -0.2) is 32.6 Å². The third kappa shape index (κ3) is 3.78.